The summed E-state index contributed by atoms with van der Waals surface area (Å²) in [5.41, 5.74) is 0. The highest BCUT2D eigenvalue weighted by molar-refractivity contribution is 7.06. The predicted molar refractivity (Wildman–Crippen MR) is 76.0 cm³/mol. The second-order valence-corrected chi connectivity index (χ2v) is 17.6. The van der Waals surface area contributed by atoms with Crippen LogP contribution >= 0.6 is 0 Å². The lowest BCUT2D eigenvalue weighted by molar-refractivity contribution is -0.112. The van der Waals surface area contributed by atoms with Crippen LogP contribution < -0.4 is 0 Å². The van der Waals surface area contributed by atoms with Crippen molar-refractivity contribution in [2.45, 2.75) is 53.1 Å². The third-order valence-corrected chi connectivity index (χ3v) is 14.1. The zero-order chi connectivity index (χ0) is 14.1. The summed E-state index contributed by atoms with van der Waals surface area (Å²) in [6.45, 7) is 14.4. The van der Waals surface area contributed by atoms with Crippen LogP contribution in [0.1, 0.15) is 13.8 Å². The van der Waals surface area contributed by atoms with Crippen molar-refractivity contribution in [3.63, 3.8) is 0 Å². The quantitative estimate of drug-likeness (QED) is 0.705. The highest BCUT2D eigenvalue weighted by Gasteiger charge is 2.43. The predicted octanol–water partition coefficient (Wildman–Crippen LogP) is 2.39. The van der Waals surface area contributed by atoms with Crippen LogP contribution in [0.5, 0.6) is 0 Å². The number of carbonyl (C=O) groups excluding carboxylic acids is 2. The van der Waals surface area contributed by atoms with Gasteiger partial charge in [-0.3, -0.25) is 0 Å². The summed E-state index contributed by atoms with van der Waals surface area (Å²) >= 11 is 0. The molecule has 0 saturated carbocycles. The molecule has 4 nitrogen and oxygen atoms in total. The van der Waals surface area contributed by atoms with Crippen molar-refractivity contribution in [3.05, 3.63) is 0 Å². The fourth-order valence-corrected chi connectivity index (χ4v) is 12.9. The molecule has 7 heteroatoms. The zero-order valence-corrected chi connectivity index (χ0v) is 15.1. The molecule has 17 heavy (non-hydrogen) atoms. The van der Waals surface area contributed by atoms with Crippen LogP contribution in [0.2, 0.25) is 39.3 Å². The maximum atomic E-state index is 11.5. The first-order valence-electron chi connectivity index (χ1n) is 5.72. The van der Waals surface area contributed by atoms with Gasteiger partial charge in [0, 0.05) is 0 Å². The van der Waals surface area contributed by atoms with Crippen LogP contribution in [0.4, 0.5) is 0 Å². The molecule has 0 N–H and O–H groups in total. The van der Waals surface area contributed by atoms with Crippen molar-refractivity contribution in [2.75, 3.05) is 0 Å². The molecule has 0 bridgehead atoms. The van der Waals surface area contributed by atoms with Gasteiger partial charge < -0.3 is 17.8 Å². The van der Waals surface area contributed by atoms with E-state index in [1.807, 2.05) is 39.3 Å². The molecule has 0 aromatic carbocycles. The van der Waals surface area contributed by atoms with E-state index in [9.17, 15) is 9.59 Å². The zero-order valence-electron chi connectivity index (χ0n) is 12.1. The van der Waals surface area contributed by atoms with Crippen LogP contribution in [0, 0.1) is 0 Å². The molecule has 0 aromatic heterocycles. The summed E-state index contributed by atoms with van der Waals surface area (Å²) in [5, 5.41) is 0.202. The summed E-state index contributed by atoms with van der Waals surface area (Å²) in [5.74, 6) is 0. The molecule has 0 rings (SSSR count). The SMILES string of the molecule is CC(=O)[Si](C)(C)O[Si](C)(C)O[Si](C)(C)C(C)=O. The molecular formula is C10H24O4Si3. The van der Waals surface area contributed by atoms with Crippen molar-refractivity contribution >= 4 is 36.0 Å². The van der Waals surface area contributed by atoms with E-state index in [1.165, 1.54) is 0 Å². The van der Waals surface area contributed by atoms with Crippen LogP contribution in [-0.2, 0) is 17.8 Å². The van der Waals surface area contributed by atoms with Gasteiger partial charge >= 0.3 is 8.56 Å². The third kappa shape index (κ3) is 5.39. The Bertz CT molecular complexity index is 294. The Balaban J connectivity index is 4.82. The van der Waals surface area contributed by atoms with Crippen LogP contribution in [0.3, 0.4) is 0 Å². The molecule has 100 valence electrons. The van der Waals surface area contributed by atoms with E-state index in [-0.39, 0.29) is 10.8 Å². The number of hydrogen-bond acceptors (Lipinski definition) is 4. The monoisotopic (exact) mass is 292 g/mol. The van der Waals surface area contributed by atoms with E-state index in [2.05, 4.69) is 0 Å². The Labute approximate surface area is 107 Å². The van der Waals surface area contributed by atoms with E-state index in [0.717, 1.165) is 0 Å². The Morgan fingerprint density at radius 1 is 0.706 bits per heavy atom. The van der Waals surface area contributed by atoms with Crippen LogP contribution in [0.25, 0.3) is 0 Å². The summed E-state index contributed by atoms with van der Waals surface area (Å²) < 4.78 is 11.9. The van der Waals surface area contributed by atoms with E-state index in [1.54, 1.807) is 13.8 Å². The first kappa shape index (κ1) is 16.9. The van der Waals surface area contributed by atoms with Crippen LogP contribution in [0.15, 0.2) is 0 Å². The van der Waals surface area contributed by atoms with E-state index < -0.39 is 25.2 Å². The maximum absolute atomic E-state index is 11.5. The molecule has 0 fully saturated rings. The Hall–Kier alpha value is -0.0894. The smallest absolute Gasteiger partial charge is 0.311 e. The second-order valence-electron chi connectivity index (χ2n) is 5.74. The first-order valence-corrected chi connectivity index (χ1v) is 14.4. The molecule has 0 spiro atoms. The average Bonchev–Trinajstić information content (AvgIpc) is 1.98. The lowest BCUT2D eigenvalue weighted by Crippen LogP contribution is -2.56. The minimum atomic E-state index is -2.42. The van der Waals surface area contributed by atoms with Crippen molar-refractivity contribution in [1.82, 2.24) is 0 Å². The van der Waals surface area contributed by atoms with Gasteiger partial charge in [-0.2, -0.15) is 0 Å². The molecule has 0 amide bonds. The largest absolute Gasteiger partial charge is 0.431 e. The third-order valence-electron chi connectivity index (χ3n) is 2.70. The molecule has 0 saturated heterocycles. The summed E-state index contributed by atoms with van der Waals surface area (Å²) in [4.78, 5) is 23.0. The van der Waals surface area contributed by atoms with Crippen molar-refractivity contribution < 1.29 is 17.8 Å². The minimum absolute atomic E-state index is 0.101. The van der Waals surface area contributed by atoms with E-state index in [0.29, 0.717) is 0 Å². The van der Waals surface area contributed by atoms with Gasteiger partial charge in [0.15, 0.2) is 0 Å². The number of rotatable bonds is 6. The van der Waals surface area contributed by atoms with E-state index in [4.69, 9.17) is 8.23 Å². The standard InChI is InChI=1S/C10H24O4Si3/c1-9(11)15(3,4)13-17(7,8)14-16(5,6)10(2)12/h1-8H3. The van der Waals surface area contributed by atoms with Gasteiger partial charge in [0.25, 0.3) is 0 Å². The summed E-state index contributed by atoms with van der Waals surface area (Å²) in [7, 11) is -7.10. The highest BCUT2D eigenvalue weighted by atomic mass is 28.5. The van der Waals surface area contributed by atoms with Gasteiger partial charge in [0.05, 0.1) is 0 Å². The fourth-order valence-electron chi connectivity index (χ4n) is 1.39. The van der Waals surface area contributed by atoms with Gasteiger partial charge in [0.2, 0.25) is 16.6 Å². The van der Waals surface area contributed by atoms with E-state index >= 15 is 0 Å². The average molecular weight is 293 g/mol. The molecular weight excluding hydrogens is 268 g/mol. The fraction of sp³-hybridized carbons (Fsp3) is 0.800. The topological polar surface area (TPSA) is 52.6 Å². The normalized spacial score (nSPS) is 13.6. The van der Waals surface area contributed by atoms with Crippen LogP contribution in [-0.4, -0.2) is 36.0 Å². The molecule has 0 unspecified atom stereocenters. The Morgan fingerprint density at radius 2 is 0.941 bits per heavy atom. The van der Waals surface area contributed by atoms with Gasteiger partial charge in [-0.1, -0.05) is 0 Å². The number of hydrogen-bond donors (Lipinski definition) is 0. The Kier molecular flexibility index (Phi) is 5.24. The lowest BCUT2D eigenvalue weighted by Gasteiger charge is -2.36. The first-order chi connectivity index (χ1) is 7.30. The van der Waals surface area contributed by atoms with Crippen molar-refractivity contribution in [2.24, 2.45) is 0 Å². The van der Waals surface area contributed by atoms with Crippen molar-refractivity contribution in [1.29, 1.82) is 0 Å². The molecule has 0 atom stereocenters. The summed E-state index contributed by atoms with van der Waals surface area (Å²) in [6, 6.07) is 0. The van der Waals surface area contributed by atoms with Gasteiger partial charge in [0.1, 0.15) is 10.8 Å². The van der Waals surface area contributed by atoms with Crippen molar-refractivity contribution in [3.8, 4) is 0 Å². The Morgan fingerprint density at radius 3 is 1.12 bits per heavy atom. The van der Waals surface area contributed by atoms with Gasteiger partial charge in [-0.25, -0.2) is 0 Å². The molecule has 0 aliphatic carbocycles. The molecule has 0 aliphatic rings. The van der Waals surface area contributed by atoms with Gasteiger partial charge in [-0.05, 0) is 53.1 Å². The maximum Gasteiger partial charge on any atom is 0.311 e. The molecule has 0 radical (unpaired) electrons. The molecule has 0 aliphatic heterocycles. The lowest BCUT2D eigenvalue weighted by atomic mass is 10.9. The number of carbonyl (C=O) groups is 2. The summed E-state index contributed by atoms with van der Waals surface area (Å²) in [6.07, 6.45) is 0. The second kappa shape index (κ2) is 5.27. The minimum Gasteiger partial charge on any atom is -0.431 e. The molecule has 0 heterocycles. The molecule has 0 aromatic rings. The highest BCUT2D eigenvalue weighted by Crippen LogP contribution is 2.21. The van der Waals surface area contributed by atoms with Gasteiger partial charge in [-0.15, -0.1) is 0 Å².